The Bertz CT molecular complexity index is 1390. The maximum atomic E-state index is 13.4. The SMILES string of the molecule is O=C1CC(N(C(=O)Cc2ccccc2)C2CC2)C(=O)N1c1ccc(-c2nc3ccccc3o2)cc1. The molecule has 1 saturated carbocycles. The second-order valence-corrected chi connectivity index (χ2v) is 9.02. The molecule has 4 aromatic rings. The van der Waals surface area contributed by atoms with Gasteiger partial charge in [-0.2, -0.15) is 0 Å². The Labute approximate surface area is 202 Å². The van der Waals surface area contributed by atoms with Gasteiger partial charge in [-0.1, -0.05) is 42.5 Å². The summed E-state index contributed by atoms with van der Waals surface area (Å²) in [6.07, 6.45) is 1.94. The molecule has 7 heteroatoms. The molecule has 1 aromatic heterocycles. The van der Waals surface area contributed by atoms with Gasteiger partial charge in [0, 0.05) is 11.6 Å². The van der Waals surface area contributed by atoms with Crippen LogP contribution in [0.1, 0.15) is 24.8 Å². The van der Waals surface area contributed by atoms with Crippen LogP contribution in [0.2, 0.25) is 0 Å². The largest absolute Gasteiger partial charge is 0.436 e. The van der Waals surface area contributed by atoms with Crippen molar-refractivity contribution in [1.29, 1.82) is 0 Å². The third kappa shape index (κ3) is 3.99. The van der Waals surface area contributed by atoms with E-state index in [4.69, 9.17) is 4.42 Å². The number of imide groups is 1. The molecule has 3 aromatic carbocycles. The van der Waals surface area contributed by atoms with Gasteiger partial charge < -0.3 is 9.32 Å². The fourth-order valence-corrected chi connectivity index (χ4v) is 4.70. The van der Waals surface area contributed by atoms with E-state index >= 15 is 0 Å². The minimum Gasteiger partial charge on any atom is -0.436 e. The monoisotopic (exact) mass is 465 g/mol. The van der Waals surface area contributed by atoms with Crippen LogP contribution in [-0.4, -0.2) is 39.7 Å². The molecule has 6 rings (SSSR count). The summed E-state index contributed by atoms with van der Waals surface area (Å²) in [6, 6.07) is 23.3. The molecule has 2 aliphatic rings. The van der Waals surface area contributed by atoms with Crippen molar-refractivity contribution in [3.63, 3.8) is 0 Å². The Morgan fingerprint density at radius 2 is 1.66 bits per heavy atom. The summed E-state index contributed by atoms with van der Waals surface area (Å²) < 4.78 is 5.82. The lowest BCUT2D eigenvalue weighted by atomic mass is 10.1. The van der Waals surface area contributed by atoms with Crippen molar-refractivity contribution >= 4 is 34.5 Å². The molecule has 3 amide bonds. The number of anilines is 1. The highest BCUT2D eigenvalue weighted by Crippen LogP contribution is 2.35. The van der Waals surface area contributed by atoms with E-state index in [0.29, 0.717) is 17.2 Å². The van der Waals surface area contributed by atoms with E-state index in [9.17, 15) is 14.4 Å². The Hall–Kier alpha value is -4.26. The standard InChI is InChI=1S/C28H23N3O4/c32-25(16-18-6-2-1-3-7-18)30(20-14-15-20)23-17-26(33)31(28(23)34)21-12-10-19(11-13-21)27-29-22-8-4-5-9-24(22)35-27/h1-13,20,23H,14-17H2. The number of carbonyl (C=O) groups is 3. The molecule has 7 nitrogen and oxygen atoms in total. The van der Waals surface area contributed by atoms with E-state index in [1.165, 1.54) is 4.90 Å². The first-order valence-electron chi connectivity index (χ1n) is 11.8. The molecule has 1 unspecified atom stereocenters. The maximum absolute atomic E-state index is 13.4. The van der Waals surface area contributed by atoms with Gasteiger partial charge in [-0.15, -0.1) is 0 Å². The van der Waals surface area contributed by atoms with E-state index in [2.05, 4.69) is 4.98 Å². The number of para-hydroxylation sites is 2. The molecule has 2 heterocycles. The molecule has 0 N–H and O–H groups in total. The molecule has 1 atom stereocenters. The highest BCUT2D eigenvalue weighted by molar-refractivity contribution is 6.23. The van der Waals surface area contributed by atoms with E-state index in [0.717, 1.165) is 29.5 Å². The van der Waals surface area contributed by atoms with Crippen LogP contribution in [-0.2, 0) is 20.8 Å². The first-order chi connectivity index (χ1) is 17.1. The van der Waals surface area contributed by atoms with E-state index in [-0.39, 0.29) is 36.6 Å². The number of hydrogen-bond acceptors (Lipinski definition) is 5. The summed E-state index contributed by atoms with van der Waals surface area (Å²) in [5, 5.41) is 0. The number of carbonyl (C=O) groups excluding carboxylic acids is 3. The normalized spacial score (nSPS) is 17.8. The smallest absolute Gasteiger partial charge is 0.257 e. The molecule has 0 spiro atoms. The number of fused-ring (bicyclic) bond motifs is 1. The Kier molecular flexibility index (Phi) is 5.17. The van der Waals surface area contributed by atoms with Crippen molar-refractivity contribution in [3.05, 3.63) is 84.4 Å². The number of aromatic nitrogens is 1. The zero-order valence-corrected chi connectivity index (χ0v) is 19.0. The minimum atomic E-state index is -0.761. The lowest BCUT2D eigenvalue weighted by Gasteiger charge is -2.27. The van der Waals surface area contributed by atoms with Crippen molar-refractivity contribution < 1.29 is 18.8 Å². The molecule has 1 aliphatic heterocycles. The van der Waals surface area contributed by atoms with Crippen LogP contribution in [0.25, 0.3) is 22.6 Å². The van der Waals surface area contributed by atoms with Crippen LogP contribution in [0, 0.1) is 0 Å². The van der Waals surface area contributed by atoms with Crippen LogP contribution < -0.4 is 4.90 Å². The van der Waals surface area contributed by atoms with Crippen LogP contribution in [0.5, 0.6) is 0 Å². The topological polar surface area (TPSA) is 83.7 Å². The van der Waals surface area contributed by atoms with Gasteiger partial charge in [-0.3, -0.25) is 14.4 Å². The number of amides is 3. The molecule has 35 heavy (non-hydrogen) atoms. The molecule has 0 bridgehead atoms. The molecule has 174 valence electrons. The van der Waals surface area contributed by atoms with Crippen molar-refractivity contribution in [3.8, 4) is 11.5 Å². The number of hydrogen-bond donors (Lipinski definition) is 0. The Morgan fingerprint density at radius 3 is 2.37 bits per heavy atom. The van der Waals surface area contributed by atoms with E-state index in [1.807, 2.05) is 54.6 Å². The van der Waals surface area contributed by atoms with Gasteiger partial charge in [0.2, 0.25) is 17.7 Å². The van der Waals surface area contributed by atoms with Gasteiger partial charge in [0.05, 0.1) is 18.5 Å². The first kappa shape index (κ1) is 21.3. The van der Waals surface area contributed by atoms with Crippen LogP contribution >= 0.6 is 0 Å². The summed E-state index contributed by atoms with van der Waals surface area (Å²) >= 11 is 0. The maximum Gasteiger partial charge on any atom is 0.257 e. The summed E-state index contributed by atoms with van der Waals surface area (Å²) in [7, 11) is 0. The van der Waals surface area contributed by atoms with Gasteiger partial charge in [-0.05, 0) is 54.8 Å². The third-order valence-electron chi connectivity index (χ3n) is 6.55. The van der Waals surface area contributed by atoms with Crippen LogP contribution in [0.3, 0.4) is 0 Å². The predicted molar refractivity (Wildman–Crippen MR) is 130 cm³/mol. The predicted octanol–water partition coefficient (Wildman–Crippen LogP) is 4.36. The third-order valence-corrected chi connectivity index (χ3v) is 6.55. The highest BCUT2D eigenvalue weighted by Gasteiger charge is 2.48. The zero-order chi connectivity index (χ0) is 23.9. The molecule has 1 saturated heterocycles. The number of oxazole rings is 1. The lowest BCUT2D eigenvalue weighted by molar-refractivity contribution is -0.138. The van der Waals surface area contributed by atoms with E-state index < -0.39 is 6.04 Å². The quantitative estimate of drug-likeness (QED) is 0.395. The number of nitrogens with zero attached hydrogens (tertiary/aromatic N) is 3. The molecular weight excluding hydrogens is 442 g/mol. The fourth-order valence-electron chi connectivity index (χ4n) is 4.70. The summed E-state index contributed by atoms with van der Waals surface area (Å²) in [4.78, 5) is 46.9. The van der Waals surface area contributed by atoms with Crippen molar-refractivity contribution in [2.24, 2.45) is 0 Å². The van der Waals surface area contributed by atoms with Gasteiger partial charge >= 0.3 is 0 Å². The average molecular weight is 466 g/mol. The number of rotatable bonds is 6. The summed E-state index contributed by atoms with van der Waals surface area (Å²) in [5.41, 5.74) is 3.58. The average Bonchev–Trinajstić information content (AvgIpc) is 3.53. The van der Waals surface area contributed by atoms with Gasteiger partial charge in [0.15, 0.2) is 5.58 Å². The molecule has 0 radical (unpaired) electrons. The van der Waals surface area contributed by atoms with Crippen LogP contribution in [0.15, 0.2) is 83.3 Å². The van der Waals surface area contributed by atoms with Crippen molar-refractivity contribution in [2.45, 2.75) is 37.8 Å². The fraction of sp³-hybridized carbons (Fsp3) is 0.214. The molecule has 1 aliphatic carbocycles. The lowest BCUT2D eigenvalue weighted by Crippen LogP contribution is -2.47. The Morgan fingerprint density at radius 1 is 0.943 bits per heavy atom. The second kappa shape index (κ2) is 8.51. The summed E-state index contributed by atoms with van der Waals surface area (Å²) in [5.74, 6) is -0.287. The van der Waals surface area contributed by atoms with Gasteiger partial charge in [0.1, 0.15) is 11.6 Å². The summed E-state index contributed by atoms with van der Waals surface area (Å²) in [6.45, 7) is 0. The van der Waals surface area contributed by atoms with Crippen molar-refractivity contribution in [2.75, 3.05) is 4.90 Å². The minimum absolute atomic E-state index is 0.00272. The van der Waals surface area contributed by atoms with Crippen molar-refractivity contribution in [1.82, 2.24) is 9.88 Å². The second-order valence-electron chi connectivity index (χ2n) is 9.02. The molecular formula is C28H23N3O4. The highest BCUT2D eigenvalue weighted by atomic mass is 16.3. The first-order valence-corrected chi connectivity index (χ1v) is 11.8. The van der Waals surface area contributed by atoms with Gasteiger partial charge in [0.25, 0.3) is 5.91 Å². The van der Waals surface area contributed by atoms with Gasteiger partial charge in [-0.25, -0.2) is 9.88 Å². The molecule has 2 fully saturated rings. The Balaban J connectivity index is 1.23. The van der Waals surface area contributed by atoms with E-state index in [1.54, 1.807) is 29.2 Å². The zero-order valence-electron chi connectivity index (χ0n) is 19.0. The van der Waals surface area contributed by atoms with Crippen LogP contribution in [0.4, 0.5) is 5.69 Å². The number of benzene rings is 3.